The zero-order valence-electron chi connectivity index (χ0n) is 12.6. The van der Waals surface area contributed by atoms with E-state index in [0.717, 1.165) is 30.3 Å². The Hall–Kier alpha value is -0.805. The fourth-order valence-corrected chi connectivity index (χ4v) is 2.78. The average Bonchev–Trinajstić information content (AvgIpc) is 2.47. The van der Waals surface area contributed by atoms with Crippen LogP contribution in [0.1, 0.15) is 53.9 Å². The van der Waals surface area contributed by atoms with E-state index in [1.165, 1.54) is 0 Å². The molecule has 106 valence electrons. The van der Waals surface area contributed by atoms with Crippen LogP contribution in [0.2, 0.25) is 0 Å². The molecule has 0 bridgehead atoms. The lowest BCUT2D eigenvalue weighted by molar-refractivity contribution is -0.121. The number of hydrogen-bond donors (Lipinski definition) is 1. The third-order valence-corrected chi connectivity index (χ3v) is 4.85. The van der Waals surface area contributed by atoms with Crippen LogP contribution in [0.5, 0.6) is 0 Å². The monoisotopic (exact) mass is 265 g/mol. The maximum atomic E-state index is 11.5. The number of allylic oxidation sites excluding steroid dienone is 1. The van der Waals surface area contributed by atoms with E-state index in [9.17, 15) is 4.79 Å². The maximum Gasteiger partial charge on any atom is 0.490 e. The standard InChI is InChI=1S/C14H24BNO3/c1-9-10(12(16)17)7-6-8-11(9)15-18-13(2,3)14(4,5)19-15/h10H,6-8H2,1-5H3,(H2,16,17). The average molecular weight is 265 g/mol. The predicted molar refractivity (Wildman–Crippen MR) is 75.3 cm³/mol. The predicted octanol–water partition coefficient (Wildman–Crippen LogP) is 2.22. The molecule has 0 radical (unpaired) electrons. The summed E-state index contributed by atoms with van der Waals surface area (Å²) in [6, 6.07) is 0. The van der Waals surface area contributed by atoms with Crippen molar-refractivity contribution in [3.05, 3.63) is 11.0 Å². The number of hydrogen-bond acceptors (Lipinski definition) is 3. The number of nitrogens with two attached hydrogens (primary N) is 1. The molecule has 2 aliphatic rings. The van der Waals surface area contributed by atoms with Gasteiger partial charge in [0.2, 0.25) is 5.91 Å². The van der Waals surface area contributed by atoms with Crippen molar-refractivity contribution in [3.63, 3.8) is 0 Å². The van der Waals surface area contributed by atoms with Crippen LogP contribution in [0.3, 0.4) is 0 Å². The highest BCUT2D eigenvalue weighted by Gasteiger charge is 2.53. The highest BCUT2D eigenvalue weighted by atomic mass is 16.7. The number of rotatable bonds is 2. The Labute approximate surface area is 115 Å². The van der Waals surface area contributed by atoms with Crippen LogP contribution in [0.4, 0.5) is 0 Å². The van der Waals surface area contributed by atoms with Gasteiger partial charge in [-0.1, -0.05) is 5.57 Å². The van der Waals surface area contributed by atoms with Crippen LogP contribution in [-0.4, -0.2) is 24.2 Å². The molecule has 0 aromatic carbocycles. The van der Waals surface area contributed by atoms with Crippen LogP contribution >= 0.6 is 0 Å². The highest BCUT2D eigenvalue weighted by Crippen LogP contribution is 2.42. The lowest BCUT2D eigenvalue weighted by atomic mass is 9.67. The Morgan fingerprint density at radius 1 is 1.26 bits per heavy atom. The first-order chi connectivity index (χ1) is 8.66. The first kappa shape index (κ1) is 14.6. The molecule has 0 saturated carbocycles. The van der Waals surface area contributed by atoms with Gasteiger partial charge in [0.05, 0.1) is 17.1 Å². The minimum Gasteiger partial charge on any atom is -0.400 e. The van der Waals surface area contributed by atoms with Gasteiger partial charge in [-0.15, -0.1) is 0 Å². The van der Waals surface area contributed by atoms with Gasteiger partial charge in [-0.2, -0.15) is 0 Å². The van der Waals surface area contributed by atoms with Crippen molar-refractivity contribution in [2.45, 2.75) is 65.1 Å². The molecule has 1 aliphatic heterocycles. The van der Waals surface area contributed by atoms with Gasteiger partial charge < -0.3 is 15.0 Å². The lowest BCUT2D eigenvalue weighted by Crippen LogP contribution is -2.41. The summed E-state index contributed by atoms with van der Waals surface area (Å²) in [6.45, 7) is 10.1. The van der Waals surface area contributed by atoms with Gasteiger partial charge in [0.15, 0.2) is 0 Å². The summed E-state index contributed by atoms with van der Waals surface area (Å²) in [5.74, 6) is -0.408. The summed E-state index contributed by atoms with van der Waals surface area (Å²) in [5, 5.41) is 0. The Kier molecular flexibility index (Phi) is 3.56. The van der Waals surface area contributed by atoms with Gasteiger partial charge in [0, 0.05) is 0 Å². The molecule has 0 aromatic rings. The third kappa shape index (κ3) is 2.46. The van der Waals surface area contributed by atoms with Gasteiger partial charge in [-0.3, -0.25) is 4.79 Å². The summed E-state index contributed by atoms with van der Waals surface area (Å²) in [4.78, 5) is 11.5. The zero-order chi connectivity index (χ0) is 14.4. The Balaban J connectivity index is 2.28. The molecule has 1 atom stereocenters. The van der Waals surface area contributed by atoms with Crippen molar-refractivity contribution < 1.29 is 14.1 Å². The summed E-state index contributed by atoms with van der Waals surface area (Å²) in [7, 11) is -0.341. The second kappa shape index (κ2) is 4.63. The largest absolute Gasteiger partial charge is 0.490 e. The Morgan fingerprint density at radius 2 is 1.79 bits per heavy atom. The van der Waals surface area contributed by atoms with Crippen LogP contribution in [0.15, 0.2) is 11.0 Å². The number of carbonyl (C=O) groups is 1. The van der Waals surface area contributed by atoms with Crippen molar-refractivity contribution >= 4 is 13.0 Å². The van der Waals surface area contributed by atoms with Gasteiger partial charge in [-0.05, 0) is 59.4 Å². The SMILES string of the molecule is CC1=C(B2OC(C)(C)C(C)(C)O2)CCCC1C(N)=O. The lowest BCUT2D eigenvalue weighted by Gasteiger charge is -2.32. The second-order valence-corrected chi connectivity index (χ2v) is 6.64. The smallest absolute Gasteiger partial charge is 0.400 e. The van der Waals surface area contributed by atoms with E-state index >= 15 is 0 Å². The minimum absolute atomic E-state index is 0.164. The van der Waals surface area contributed by atoms with E-state index in [4.69, 9.17) is 15.0 Å². The fraction of sp³-hybridized carbons (Fsp3) is 0.786. The molecule has 4 nitrogen and oxygen atoms in total. The molecular weight excluding hydrogens is 241 g/mol. The summed E-state index contributed by atoms with van der Waals surface area (Å²) in [6.07, 6.45) is 2.72. The molecule has 2 N–H and O–H groups in total. The van der Waals surface area contributed by atoms with Crippen molar-refractivity contribution in [1.29, 1.82) is 0 Å². The second-order valence-electron chi connectivity index (χ2n) is 6.64. The quantitative estimate of drug-likeness (QED) is 0.779. The van der Waals surface area contributed by atoms with Crippen molar-refractivity contribution in [2.24, 2.45) is 11.7 Å². The van der Waals surface area contributed by atoms with E-state index in [-0.39, 0.29) is 30.1 Å². The van der Waals surface area contributed by atoms with Crippen LogP contribution in [0, 0.1) is 5.92 Å². The molecule has 0 aromatic heterocycles. The van der Waals surface area contributed by atoms with Crippen LogP contribution < -0.4 is 5.73 Å². The molecular formula is C14H24BNO3. The van der Waals surface area contributed by atoms with E-state index in [2.05, 4.69) is 0 Å². The van der Waals surface area contributed by atoms with Gasteiger partial charge in [-0.25, -0.2) is 0 Å². The molecule has 1 amide bonds. The fourth-order valence-electron chi connectivity index (χ4n) is 2.78. The maximum absolute atomic E-state index is 11.5. The molecule has 1 heterocycles. The summed E-state index contributed by atoms with van der Waals surface area (Å²) < 4.78 is 12.1. The summed E-state index contributed by atoms with van der Waals surface area (Å²) in [5.41, 5.74) is 6.93. The Bertz CT molecular complexity index is 412. The van der Waals surface area contributed by atoms with Crippen molar-refractivity contribution in [2.75, 3.05) is 0 Å². The molecule has 1 aliphatic carbocycles. The molecule has 1 fully saturated rings. The first-order valence-electron chi connectivity index (χ1n) is 7.00. The third-order valence-electron chi connectivity index (χ3n) is 4.85. The highest BCUT2D eigenvalue weighted by molar-refractivity contribution is 6.55. The van der Waals surface area contributed by atoms with E-state index in [0.29, 0.717) is 0 Å². The molecule has 1 unspecified atom stereocenters. The number of carbonyl (C=O) groups excluding carboxylic acids is 1. The van der Waals surface area contributed by atoms with Crippen LogP contribution in [-0.2, 0) is 14.1 Å². The van der Waals surface area contributed by atoms with Crippen molar-refractivity contribution in [3.8, 4) is 0 Å². The minimum atomic E-state index is -0.343. The van der Waals surface area contributed by atoms with Crippen LogP contribution in [0.25, 0.3) is 0 Å². The van der Waals surface area contributed by atoms with E-state index < -0.39 is 0 Å². The van der Waals surface area contributed by atoms with E-state index in [1.54, 1.807) is 0 Å². The van der Waals surface area contributed by atoms with E-state index in [1.807, 2.05) is 34.6 Å². The van der Waals surface area contributed by atoms with Gasteiger partial charge >= 0.3 is 7.12 Å². The molecule has 1 saturated heterocycles. The van der Waals surface area contributed by atoms with Gasteiger partial charge in [0.1, 0.15) is 0 Å². The molecule has 5 heteroatoms. The normalized spacial score (nSPS) is 29.7. The number of amides is 1. The topological polar surface area (TPSA) is 61.6 Å². The molecule has 0 spiro atoms. The van der Waals surface area contributed by atoms with Crippen molar-refractivity contribution in [1.82, 2.24) is 0 Å². The Morgan fingerprint density at radius 3 is 2.26 bits per heavy atom. The zero-order valence-corrected chi connectivity index (χ0v) is 12.6. The number of primary amides is 1. The van der Waals surface area contributed by atoms with Gasteiger partial charge in [0.25, 0.3) is 0 Å². The molecule has 19 heavy (non-hydrogen) atoms. The first-order valence-corrected chi connectivity index (χ1v) is 7.00. The summed E-state index contributed by atoms with van der Waals surface area (Å²) >= 11 is 0. The molecule has 2 rings (SSSR count).